The molecule has 2 aromatic rings. The standard InChI is InChI=1S/C14H20N4O2S/c1-15-13-4-6-14(7-5-13)21(19,20)17-8-2-3-10-18-11-9-16-12-18/h4-7,9,11-12,15,17H,2-3,8,10H2,1H3. The molecule has 2 N–H and O–H groups in total. The van der Waals surface area contributed by atoms with Gasteiger partial charge in [-0.2, -0.15) is 0 Å². The van der Waals surface area contributed by atoms with E-state index < -0.39 is 10.0 Å². The Bertz CT molecular complexity index is 636. The monoisotopic (exact) mass is 308 g/mol. The summed E-state index contributed by atoms with van der Waals surface area (Å²) in [6.07, 6.45) is 7.07. The maximum absolute atomic E-state index is 12.1. The Kier molecular flexibility index (Phi) is 5.35. The van der Waals surface area contributed by atoms with Crippen LogP contribution in [-0.4, -0.2) is 31.6 Å². The van der Waals surface area contributed by atoms with E-state index in [4.69, 9.17) is 0 Å². The number of aryl methyl sites for hydroxylation is 1. The number of hydrogen-bond acceptors (Lipinski definition) is 4. The fourth-order valence-electron chi connectivity index (χ4n) is 1.93. The Labute approximate surface area is 125 Å². The van der Waals surface area contributed by atoms with Crippen molar-refractivity contribution in [3.8, 4) is 0 Å². The fraction of sp³-hybridized carbons (Fsp3) is 0.357. The Morgan fingerprint density at radius 3 is 2.57 bits per heavy atom. The second-order valence-electron chi connectivity index (χ2n) is 4.68. The van der Waals surface area contributed by atoms with Gasteiger partial charge in [0.2, 0.25) is 10.0 Å². The number of anilines is 1. The highest BCUT2D eigenvalue weighted by Crippen LogP contribution is 2.13. The first-order valence-corrected chi connectivity index (χ1v) is 8.33. The number of benzene rings is 1. The van der Waals surface area contributed by atoms with E-state index >= 15 is 0 Å². The molecule has 0 unspecified atom stereocenters. The van der Waals surface area contributed by atoms with Crippen molar-refractivity contribution < 1.29 is 8.42 Å². The molecule has 1 heterocycles. The van der Waals surface area contributed by atoms with Crippen LogP contribution in [0.1, 0.15) is 12.8 Å². The van der Waals surface area contributed by atoms with Crippen molar-refractivity contribution >= 4 is 15.7 Å². The van der Waals surface area contributed by atoms with E-state index in [2.05, 4.69) is 15.0 Å². The van der Waals surface area contributed by atoms with Crippen LogP contribution in [-0.2, 0) is 16.6 Å². The van der Waals surface area contributed by atoms with Gasteiger partial charge in [-0.25, -0.2) is 18.1 Å². The molecule has 0 saturated heterocycles. The molecule has 114 valence electrons. The Morgan fingerprint density at radius 1 is 1.19 bits per heavy atom. The van der Waals surface area contributed by atoms with Crippen molar-refractivity contribution in [2.24, 2.45) is 0 Å². The molecule has 6 nitrogen and oxygen atoms in total. The first-order valence-electron chi connectivity index (χ1n) is 6.85. The maximum atomic E-state index is 12.1. The van der Waals surface area contributed by atoms with Gasteiger partial charge in [-0.15, -0.1) is 0 Å². The summed E-state index contributed by atoms with van der Waals surface area (Å²) in [4.78, 5) is 4.25. The predicted octanol–water partition coefficient (Wildman–Crippen LogP) is 1.68. The number of unbranched alkanes of at least 4 members (excludes halogenated alkanes) is 1. The summed E-state index contributed by atoms with van der Waals surface area (Å²) < 4.78 is 28.8. The lowest BCUT2D eigenvalue weighted by atomic mass is 10.3. The predicted molar refractivity (Wildman–Crippen MR) is 82.6 cm³/mol. The van der Waals surface area contributed by atoms with Crippen LogP contribution < -0.4 is 10.0 Å². The first-order chi connectivity index (χ1) is 10.1. The SMILES string of the molecule is CNc1ccc(S(=O)(=O)NCCCCn2ccnc2)cc1. The third-order valence-electron chi connectivity index (χ3n) is 3.15. The van der Waals surface area contributed by atoms with Crippen LogP contribution in [0.25, 0.3) is 0 Å². The average Bonchev–Trinajstić information content (AvgIpc) is 3.00. The van der Waals surface area contributed by atoms with E-state index in [0.717, 1.165) is 25.1 Å². The van der Waals surface area contributed by atoms with Gasteiger partial charge in [0.1, 0.15) is 0 Å². The molecule has 21 heavy (non-hydrogen) atoms. The quantitative estimate of drug-likeness (QED) is 0.728. The molecule has 0 bridgehead atoms. The lowest BCUT2D eigenvalue weighted by Crippen LogP contribution is -2.25. The summed E-state index contributed by atoms with van der Waals surface area (Å²) in [5.41, 5.74) is 0.884. The van der Waals surface area contributed by atoms with Gasteiger partial charge in [0, 0.05) is 38.2 Å². The number of sulfonamides is 1. The second-order valence-corrected chi connectivity index (χ2v) is 6.45. The van der Waals surface area contributed by atoms with Crippen molar-refractivity contribution in [2.45, 2.75) is 24.3 Å². The Hall–Kier alpha value is -1.86. The molecule has 0 radical (unpaired) electrons. The van der Waals surface area contributed by atoms with Crippen LogP contribution in [0.4, 0.5) is 5.69 Å². The van der Waals surface area contributed by atoms with Crippen molar-refractivity contribution in [3.63, 3.8) is 0 Å². The Morgan fingerprint density at radius 2 is 1.95 bits per heavy atom. The molecule has 0 fully saturated rings. The van der Waals surface area contributed by atoms with Crippen molar-refractivity contribution in [3.05, 3.63) is 43.0 Å². The van der Waals surface area contributed by atoms with Crippen LogP contribution in [0.2, 0.25) is 0 Å². The largest absolute Gasteiger partial charge is 0.388 e. The number of nitrogens with one attached hydrogen (secondary N) is 2. The molecule has 1 aromatic carbocycles. The molecular formula is C14H20N4O2S. The minimum atomic E-state index is -3.42. The molecule has 2 rings (SSSR count). The van der Waals surface area contributed by atoms with Crippen LogP contribution in [0.15, 0.2) is 47.9 Å². The third kappa shape index (κ3) is 4.57. The lowest BCUT2D eigenvalue weighted by Gasteiger charge is -2.08. The number of aromatic nitrogens is 2. The molecule has 0 spiro atoms. The topological polar surface area (TPSA) is 76.0 Å². The van der Waals surface area contributed by atoms with Crippen molar-refractivity contribution in [2.75, 3.05) is 18.9 Å². The second kappa shape index (κ2) is 7.24. The zero-order chi connectivity index (χ0) is 15.1. The molecule has 0 aliphatic carbocycles. The highest BCUT2D eigenvalue weighted by molar-refractivity contribution is 7.89. The third-order valence-corrected chi connectivity index (χ3v) is 4.62. The lowest BCUT2D eigenvalue weighted by molar-refractivity contribution is 0.566. The van der Waals surface area contributed by atoms with E-state index in [1.165, 1.54) is 0 Å². The van der Waals surface area contributed by atoms with E-state index in [0.29, 0.717) is 6.54 Å². The number of rotatable bonds is 8. The van der Waals surface area contributed by atoms with Gasteiger partial charge in [0.25, 0.3) is 0 Å². The van der Waals surface area contributed by atoms with E-state index in [-0.39, 0.29) is 4.90 Å². The van der Waals surface area contributed by atoms with Crippen LogP contribution >= 0.6 is 0 Å². The average molecular weight is 308 g/mol. The van der Waals surface area contributed by atoms with Crippen molar-refractivity contribution in [1.29, 1.82) is 0 Å². The van der Waals surface area contributed by atoms with Gasteiger partial charge in [0.05, 0.1) is 11.2 Å². The van der Waals surface area contributed by atoms with E-state index in [1.807, 2.05) is 10.8 Å². The zero-order valence-corrected chi connectivity index (χ0v) is 12.8. The molecule has 0 saturated carbocycles. The minimum absolute atomic E-state index is 0.288. The summed E-state index contributed by atoms with van der Waals surface area (Å²) in [7, 11) is -1.62. The summed E-state index contributed by atoms with van der Waals surface area (Å²) in [5.74, 6) is 0. The smallest absolute Gasteiger partial charge is 0.240 e. The Balaban J connectivity index is 1.78. The molecule has 0 atom stereocenters. The normalized spacial score (nSPS) is 11.5. The summed E-state index contributed by atoms with van der Waals surface area (Å²) in [6, 6.07) is 6.68. The van der Waals surface area contributed by atoms with Crippen LogP contribution in [0, 0.1) is 0 Å². The van der Waals surface area contributed by atoms with Gasteiger partial charge in [-0.3, -0.25) is 0 Å². The molecule has 1 aromatic heterocycles. The van der Waals surface area contributed by atoms with Gasteiger partial charge in [-0.1, -0.05) is 0 Å². The summed E-state index contributed by atoms with van der Waals surface area (Å²) in [6.45, 7) is 1.28. The number of nitrogens with zero attached hydrogens (tertiary/aromatic N) is 2. The number of hydrogen-bond donors (Lipinski definition) is 2. The fourth-order valence-corrected chi connectivity index (χ4v) is 3.00. The maximum Gasteiger partial charge on any atom is 0.240 e. The molecule has 7 heteroatoms. The van der Waals surface area contributed by atoms with E-state index in [1.54, 1.807) is 43.8 Å². The van der Waals surface area contributed by atoms with Crippen LogP contribution in [0.5, 0.6) is 0 Å². The molecule has 0 aliphatic heterocycles. The highest BCUT2D eigenvalue weighted by Gasteiger charge is 2.12. The summed E-state index contributed by atoms with van der Waals surface area (Å²) >= 11 is 0. The highest BCUT2D eigenvalue weighted by atomic mass is 32.2. The van der Waals surface area contributed by atoms with Gasteiger partial charge in [0.15, 0.2) is 0 Å². The van der Waals surface area contributed by atoms with Crippen LogP contribution in [0.3, 0.4) is 0 Å². The minimum Gasteiger partial charge on any atom is -0.388 e. The summed E-state index contributed by atoms with van der Waals surface area (Å²) in [5, 5.41) is 2.96. The van der Waals surface area contributed by atoms with Gasteiger partial charge in [-0.05, 0) is 37.1 Å². The zero-order valence-electron chi connectivity index (χ0n) is 12.0. The van der Waals surface area contributed by atoms with Gasteiger partial charge >= 0.3 is 0 Å². The molecule has 0 aliphatic rings. The van der Waals surface area contributed by atoms with Crippen molar-refractivity contribution in [1.82, 2.24) is 14.3 Å². The molecule has 0 amide bonds. The first kappa shape index (κ1) is 15.5. The van der Waals surface area contributed by atoms with Gasteiger partial charge < -0.3 is 9.88 Å². The number of imidazole rings is 1. The van der Waals surface area contributed by atoms with E-state index in [9.17, 15) is 8.42 Å². The molecular weight excluding hydrogens is 288 g/mol.